The normalized spacial score (nSPS) is 22.0. The predicted molar refractivity (Wildman–Crippen MR) is 110 cm³/mol. The van der Waals surface area contributed by atoms with E-state index in [1.54, 1.807) is 0 Å². The van der Waals surface area contributed by atoms with Crippen molar-refractivity contribution in [2.24, 2.45) is 5.92 Å². The highest BCUT2D eigenvalue weighted by Gasteiger charge is 2.29. The van der Waals surface area contributed by atoms with E-state index in [1.807, 2.05) is 11.6 Å². The first-order chi connectivity index (χ1) is 13.9. The number of fused-ring (bicyclic) bond motifs is 2. The lowest BCUT2D eigenvalue weighted by Gasteiger charge is -2.25. The van der Waals surface area contributed by atoms with Crippen molar-refractivity contribution >= 4 is 28.0 Å². The largest absolute Gasteiger partial charge is 0.478 e. The van der Waals surface area contributed by atoms with Crippen LogP contribution in [-0.4, -0.2) is 33.8 Å². The number of hydrogen-bond donors (Lipinski definition) is 4. The third kappa shape index (κ3) is 3.83. The van der Waals surface area contributed by atoms with E-state index in [0.717, 1.165) is 55.3 Å². The minimum atomic E-state index is -4.25. The Morgan fingerprint density at radius 2 is 1.86 bits per heavy atom. The maximum atomic E-state index is 12.7. The summed E-state index contributed by atoms with van der Waals surface area (Å²) in [4.78, 5) is 12.2. The smallest absolute Gasteiger partial charge is 0.333 e. The van der Waals surface area contributed by atoms with Crippen molar-refractivity contribution in [3.8, 4) is 0 Å². The van der Waals surface area contributed by atoms with Gasteiger partial charge < -0.3 is 20.8 Å². The van der Waals surface area contributed by atoms with E-state index < -0.39 is 16.1 Å². The van der Waals surface area contributed by atoms with Crippen LogP contribution >= 0.6 is 0 Å². The molecular formula is C20H26N4O4S. The Morgan fingerprint density at radius 3 is 2.41 bits per heavy atom. The molecule has 8 nitrogen and oxygen atoms in total. The Hall–Kier alpha value is -2.55. The maximum absolute atomic E-state index is 12.7. The molecule has 0 aromatic heterocycles. The summed E-state index contributed by atoms with van der Waals surface area (Å²) in [6.07, 6.45) is 6.52. The summed E-state index contributed by atoms with van der Waals surface area (Å²) >= 11 is 0. The van der Waals surface area contributed by atoms with Crippen molar-refractivity contribution in [3.63, 3.8) is 0 Å². The molecule has 0 radical (unpaired) electrons. The van der Waals surface area contributed by atoms with Crippen LogP contribution in [0.1, 0.15) is 42.0 Å². The lowest BCUT2D eigenvalue weighted by atomic mass is 9.99. The third-order valence-corrected chi connectivity index (χ3v) is 7.04. The van der Waals surface area contributed by atoms with Gasteiger partial charge in [-0.1, -0.05) is 13.0 Å². The van der Waals surface area contributed by atoms with Gasteiger partial charge in [-0.3, -0.25) is 0 Å². The van der Waals surface area contributed by atoms with Gasteiger partial charge in [-0.05, 0) is 60.8 Å². The van der Waals surface area contributed by atoms with Gasteiger partial charge in [-0.2, -0.15) is 0 Å². The van der Waals surface area contributed by atoms with E-state index in [1.165, 1.54) is 11.1 Å². The fourth-order valence-corrected chi connectivity index (χ4v) is 5.24. The van der Waals surface area contributed by atoms with E-state index in [4.69, 9.17) is 10.1 Å². The Bertz CT molecular complexity index is 958. The number of benzene rings is 1. The number of allylic oxidation sites excluding steroid dienone is 1. The number of sulfonamides is 1. The lowest BCUT2D eigenvalue weighted by molar-refractivity contribution is 0.117. The zero-order valence-corrected chi connectivity index (χ0v) is 17.2. The number of ether oxygens (including phenoxy) is 1. The molecule has 1 saturated heterocycles. The van der Waals surface area contributed by atoms with Crippen molar-refractivity contribution in [1.29, 1.82) is 5.41 Å². The molecule has 1 aliphatic heterocycles. The van der Waals surface area contributed by atoms with Gasteiger partial charge in [0.05, 0.1) is 6.61 Å². The van der Waals surface area contributed by atoms with E-state index in [2.05, 4.69) is 16.7 Å². The van der Waals surface area contributed by atoms with Crippen LogP contribution in [0.15, 0.2) is 16.9 Å². The van der Waals surface area contributed by atoms with Crippen LogP contribution in [0.3, 0.4) is 0 Å². The topological polar surface area (TPSA) is 120 Å². The molecule has 4 N–H and O–H groups in total. The van der Waals surface area contributed by atoms with Crippen LogP contribution < -0.4 is 15.4 Å². The summed E-state index contributed by atoms with van der Waals surface area (Å²) in [5, 5.41) is 13.2. The van der Waals surface area contributed by atoms with E-state index in [9.17, 15) is 13.2 Å². The number of hydrogen-bond acceptors (Lipinski definition) is 6. The lowest BCUT2D eigenvalue weighted by Crippen LogP contribution is -2.39. The fraction of sp³-hybridized carbons (Fsp3) is 0.500. The Morgan fingerprint density at radius 1 is 1.21 bits per heavy atom. The number of nitrogens with one attached hydrogen (secondary N) is 4. The molecule has 2 amide bonds. The van der Waals surface area contributed by atoms with Gasteiger partial charge in [-0.15, -0.1) is 0 Å². The van der Waals surface area contributed by atoms with Crippen molar-refractivity contribution in [2.45, 2.75) is 45.4 Å². The summed E-state index contributed by atoms with van der Waals surface area (Å²) < 4.78 is 32.9. The molecular weight excluding hydrogens is 392 g/mol. The predicted octanol–water partition coefficient (Wildman–Crippen LogP) is 2.19. The van der Waals surface area contributed by atoms with Crippen LogP contribution in [-0.2, 0) is 40.4 Å². The number of anilines is 1. The molecule has 156 valence electrons. The highest BCUT2D eigenvalue weighted by Crippen LogP contribution is 2.38. The Balaban J connectivity index is 1.56. The summed E-state index contributed by atoms with van der Waals surface area (Å²) in [6.45, 7) is 2.85. The van der Waals surface area contributed by atoms with E-state index in [-0.39, 0.29) is 16.7 Å². The van der Waals surface area contributed by atoms with Crippen molar-refractivity contribution in [2.75, 3.05) is 18.5 Å². The number of carbonyl (C=O) groups excluding carboxylic acids is 1. The van der Waals surface area contributed by atoms with Crippen LogP contribution in [0.4, 0.5) is 10.5 Å². The van der Waals surface area contributed by atoms with Crippen molar-refractivity contribution in [3.05, 3.63) is 39.1 Å². The van der Waals surface area contributed by atoms with Gasteiger partial charge in [0.1, 0.15) is 0 Å². The van der Waals surface area contributed by atoms with E-state index in [0.29, 0.717) is 19.4 Å². The van der Waals surface area contributed by atoms with Gasteiger partial charge in [0, 0.05) is 24.4 Å². The summed E-state index contributed by atoms with van der Waals surface area (Å²) in [7, 11) is -4.25. The fourth-order valence-electron chi connectivity index (χ4n) is 4.31. The Labute approximate surface area is 170 Å². The quantitative estimate of drug-likeness (QED) is 0.559. The zero-order valence-electron chi connectivity index (χ0n) is 16.4. The SMILES string of the molecule is C[C@H]1CN/C(=C(\C=N)S(=O)(=O)NC(=O)Nc2c3c(cc4c2CCC4)CCC3)OC1. The maximum Gasteiger partial charge on any atom is 0.333 e. The van der Waals surface area contributed by atoms with Gasteiger partial charge >= 0.3 is 6.03 Å². The number of carbonyl (C=O) groups is 1. The van der Waals surface area contributed by atoms with Gasteiger partial charge in [0.25, 0.3) is 10.0 Å². The second-order valence-corrected chi connectivity index (χ2v) is 9.58. The highest BCUT2D eigenvalue weighted by atomic mass is 32.2. The molecule has 2 aliphatic carbocycles. The van der Waals surface area contributed by atoms with Crippen molar-refractivity contribution < 1.29 is 17.9 Å². The Kier molecular flexibility index (Phi) is 5.24. The molecule has 1 fully saturated rings. The molecule has 0 unspecified atom stereocenters. The molecule has 4 rings (SSSR count). The second-order valence-electron chi connectivity index (χ2n) is 7.93. The highest BCUT2D eigenvalue weighted by molar-refractivity contribution is 7.94. The standard InChI is InChI=1S/C20H26N4O4S/c1-12-10-22-19(28-11-12)17(9-21)29(26,27)24-20(25)23-18-15-6-2-4-13(15)8-14-5-3-7-16(14)18/h8-9,12,21-22H,2-7,10-11H2,1H3,(H2,23,24,25)/b19-17-,21-9?/t12-/m0/s1. The molecule has 9 heteroatoms. The number of rotatable bonds is 4. The number of amides is 2. The minimum Gasteiger partial charge on any atom is -0.478 e. The van der Waals surface area contributed by atoms with Crippen LogP contribution in [0.25, 0.3) is 0 Å². The number of aryl methyl sites for hydroxylation is 2. The molecule has 1 aromatic rings. The molecule has 1 atom stereocenters. The van der Waals surface area contributed by atoms with Crippen LogP contribution in [0.5, 0.6) is 0 Å². The van der Waals surface area contributed by atoms with Crippen LogP contribution in [0, 0.1) is 11.3 Å². The summed E-state index contributed by atoms with van der Waals surface area (Å²) in [6, 6.07) is 1.43. The molecule has 1 heterocycles. The van der Waals surface area contributed by atoms with Gasteiger partial charge in [0.2, 0.25) is 5.88 Å². The second kappa shape index (κ2) is 7.70. The number of urea groups is 1. The summed E-state index contributed by atoms with van der Waals surface area (Å²) in [5.41, 5.74) is 5.51. The molecule has 0 saturated carbocycles. The first-order valence-corrected chi connectivity index (χ1v) is 11.5. The molecule has 29 heavy (non-hydrogen) atoms. The van der Waals surface area contributed by atoms with Crippen LogP contribution in [0.2, 0.25) is 0 Å². The average Bonchev–Trinajstić information content (AvgIpc) is 3.32. The average molecular weight is 419 g/mol. The van der Waals surface area contributed by atoms with Crippen molar-refractivity contribution in [1.82, 2.24) is 10.0 Å². The monoisotopic (exact) mass is 418 g/mol. The molecule has 3 aliphatic rings. The molecule has 0 bridgehead atoms. The van der Waals surface area contributed by atoms with Gasteiger partial charge in [-0.25, -0.2) is 17.9 Å². The first-order valence-electron chi connectivity index (χ1n) is 10.0. The summed E-state index contributed by atoms with van der Waals surface area (Å²) in [5.74, 6) is 0.229. The molecule has 1 aromatic carbocycles. The molecule has 0 spiro atoms. The zero-order chi connectivity index (χ0) is 20.6. The van der Waals surface area contributed by atoms with E-state index >= 15 is 0 Å². The van der Waals surface area contributed by atoms with Gasteiger partial charge in [0.15, 0.2) is 4.91 Å². The minimum absolute atomic E-state index is 0.0000977. The third-order valence-electron chi connectivity index (χ3n) is 5.71. The first kappa shape index (κ1) is 19.8.